The number of likely N-dealkylation sites (N-methyl/N-ethyl adjacent to an activating group) is 1. The number of aromatic nitrogens is 2. The lowest BCUT2D eigenvalue weighted by Gasteiger charge is -2.36. The average Bonchev–Trinajstić information content (AvgIpc) is 3.16. The Morgan fingerprint density at radius 2 is 1.86 bits per heavy atom. The first-order valence-corrected chi connectivity index (χ1v) is 12.0. The van der Waals surface area contributed by atoms with Crippen LogP contribution < -0.4 is 10.2 Å². The van der Waals surface area contributed by atoms with Gasteiger partial charge in [0.2, 0.25) is 5.96 Å². The highest BCUT2D eigenvalue weighted by Gasteiger charge is 2.27. The number of anilines is 2. The number of rotatable bonds is 3. The number of hydrogen-bond donors (Lipinski definition) is 1. The zero-order valence-corrected chi connectivity index (χ0v) is 21.6. The maximum absolute atomic E-state index is 12.5. The molecule has 0 atom stereocenters. The fourth-order valence-corrected chi connectivity index (χ4v) is 4.21. The second kappa shape index (κ2) is 10.00. The maximum atomic E-state index is 12.5. The van der Waals surface area contributed by atoms with Crippen LogP contribution in [-0.2, 0) is 11.3 Å². The summed E-state index contributed by atoms with van der Waals surface area (Å²) in [5, 5.41) is 3.11. The van der Waals surface area contributed by atoms with Gasteiger partial charge in [-0.15, -0.1) is 0 Å². The van der Waals surface area contributed by atoms with Crippen LogP contribution in [0.3, 0.4) is 0 Å². The fraction of sp³-hybridized carbons (Fsp3) is 0.480. The molecule has 2 aromatic heterocycles. The maximum Gasteiger partial charge on any atom is 0.410 e. The first-order valence-electron chi connectivity index (χ1n) is 12.0. The van der Waals surface area contributed by atoms with Crippen LogP contribution in [0.1, 0.15) is 36.8 Å². The summed E-state index contributed by atoms with van der Waals surface area (Å²) in [6.07, 6.45) is 1.50. The van der Waals surface area contributed by atoms with Gasteiger partial charge in [0.15, 0.2) is 0 Å². The zero-order chi connectivity index (χ0) is 26.0. The Morgan fingerprint density at radius 1 is 1.14 bits per heavy atom. The van der Waals surface area contributed by atoms with Crippen molar-refractivity contribution >= 4 is 42.0 Å². The lowest BCUT2D eigenvalue weighted by Crippen LogP contribution is -2.50. The van der Waals surface area contributed by atoms with Gasteiger partial charge in [-0.05, 0) is 58.2 Å². The molecule has 36 heavy (non-hydrogen) atoms. The summed E-state index contributed by atoms with van der Waals surface area (Å²) in [5.74, 6) is 1.55. The van der Waals surface area contributed by atoms with Crippen molar-refractivity contribution in [3.8, 4) is 0 Å². The Hall–Kier alpha value is -3.89. The predicted molar refractivity (Wildman–Crippen MR) is 141 cm³/mol. The van der Waals surface area contributed by atoms with E-state index in [0.717, 1.165) is 11.3 Å². The van der Waals surface area contributed by atoms with Crippen molar-refractivity contribution in [2.45, 2.75) is 39.8 Å². The van der Waals surface area contributed by atoms with E-state index in [1.54, 1.807) is 23.0 Å². The Kier molecular flexibility index (Phi) is 7.00. The number of ether oxygens (including phenoxy) is 1. The van der Waals surface area contributed by atoms with Crippen molar-refractivity contribution in [3.63, 3.8) is 0 Å². The molecule has 2 amide bonds. The Balaban J connectivity index is 1.40. The van der Waals surface area contributed by atoms with Gasteiger partial charge < -0.3 is 29.3 Å². The molecule has 2 aliphatic rings. The Bertz CT molecular complexity index is 1170. The van der Waals surface area contributed by atoms with Crippen molar-refractivity contribution in [1.29, 1.82) is 0 Å². The van der Waals surface area contributed by atoms with E-state index in [1.165, 1.54) is 0 Å². The molecule has 0 aromatic carbocycles. The molecule has 0 bridgehead atoms. The highest BCUT2D eigenvalue weighted by atomic mass is 16.6. The molecule has 4 heterocycles. The quantitative estimate of drug-likeness (QED) is 0.519. The van der Waals surface area contributed by atoms with Gasteiger partial charge in [0.05, 0.1) is 11.9 Å². The lowest BCUT2D eigenvalue weighted by atomic mass is 10.2. The number of pyridine rings is 1. The molecular weight excluding hydrogens is 460 g/mol. The van der Waals surface area contributed by atoms with E-state index >= 15 is 0 Å². The SMILES string of the molecule is C=NC(=Nc1c(C)cc2n1CCN(C)C2=O)Nc1ccc(N2CCN(C(=O)OC(C)(C)C)CC2)cn1. The molecule has 0 aliphatic carbocycles. The number of aliphatic imine (C=N–C) groups is 2. The van der Waals surface area contributed by atoms with Crippen molar-refractivity contribution in [2.75, 3.05) is 50.0 Å². The largest absolute Gasteiger partial charge is 0.444 e. The standard InChI is InChI=1S/C25H34N8O3/c1-17-15-19-22(34)30(6)9-14-33(19)21(17)29-23(26-5)28-20-8-7-18(16-27-20)31-10-12-32(13-11-31)24(35)36-25(2,3)4/h7-8,15-16H,5,9-14H2,1-4,6H3,(H,27,28,29). The summed E-state index contributed by atoms with van der Waals surface area (Å²) in [7, 11) is 1.80. The van der Waals surface area contributed by atoms with E-state index in [2.05, 4.69) is 31.9 Å². The molecule has 11 heteroatoms. The van der Waals surface area contributed by atoms with Crippen molar-refractivity contribution < 1.29 is 14.3 Å². The highest BCUT2D eigenvalue weighted by Crippen LogP contribution is 2.28. The van der Waals surface area contributed by atoms with Crippen LogP contribution in [0.25, 0.3) is 0 Å². The normalized spacial score (nSPS) is 16.6. The van der Waals surface area contributed by atoms with Gasteiger partial charge in [-0.1, -0.05) is 0 Å². The van der Waals surface area contributed by atoms with Crippen molar-refractivity contribution in [2.24, 2.45) is 9.98 Å². The summed E-state index contributed by atoms with van der Waals surface area (Å²) in [5.41, 5.74) is 1.98. The van der Waals surface area contributed by atoms with Crippen LogP contribution in [0.4, 0.5) is 22.1 Å². The van der Waals surface area contributed by atoms with E-state index in [0.29, 0.717) is 62.6 Å². The van der Waals surface area contributed by atoms with E-state index in [-0.39, 0.29) is 12.0 Å². The smallest absolute Gasteiger partial charge is 0.410 e. The van der Waals surface area contributed by atoms with Crippen molar-refractivity contribution in [3.05, 3.63) is 35.7 Å². The molecule has 0 radical (unpaired) electrons. The van der Waals surface area contributed by atoms with Crippen LogP contribution in [0.15, 0.2) is 34.4 Å². The number of carbonyl (C=O) groups is 2. The summed E-state index contributed by atoms with van der Waals surface area (Å²) in [4.78, 5) is 43.6. The number of amides is 2. The minimum Gasteiger partial charge on any atom is -0.444 e. The van der Waals surface area contributed by atoms with Gasteiger partial charge in [0, 0.05) is 46.3 Å². The van der Waals surface area contributed by atoms with Gasteiger partial charge in [-0.3, -0.25) is 4.79 Å². The van der Waals surface area contributed by atoms with E-state index < -0.39 is 5.60 Å². The third kappa shape index (κ3) is 5.50. The summed E-state index contributed by atoms with van der Waals surface area (Å²) < 4.78 is 7.38. The molecule has 1 saturated heterocycles. The topological polar surface area (TPSA) is 108 Å². The minimum atomic E-state index is -0.503. The number of piperazine rings is 1. The first kappa shape index (κ1) is 25.2. The fourth-order valence-electron chi connectivity index (χ4n) is 4.21. The van der Waals surface area contributed by atoms with Crippen LogP contribution >= 0.6 is 0 Å². The van der Waals surface area contributed by atoms with Crippen LogP contribution in [0.5, 0.6) is 0 Å². The van der Waals surface area contributed by atoms with Gasteiger partial charge in [-0.2, -0.15) is 4.99 Å². The number of nitrogens with one attached hydrogen (secondary N) is 1. The third-order valence-corrected chi connectivity index (χ3v) is 6.12. The molecule has 192 valence electrons. The lowest BCUT2D eigenvalue weighted by molar-refractivity contribution is 0.0240. The van der Waals surface area contributed by atoms with Gasteiger partial charge >= 0.3 is 6.09 Å². The number of guanidine groups is 1. The van der Waals surface area contributed by atoms with Gasteiger partial charge in [-0.25, -0.2) is 14.8 Å². The highest BCUT2D eigenvalue weighted by molar-refractivity contribution is 5.98. The molecule has 2 aliphatic heterocycles. The number of fused-ring (bicyclic) bond motifs is 1. The summed E-state index contributed by atoms with van der Waals surface area (Å²) in [6, 6.07) is 5.68. The molecule has 0 unspecified atom stereocenters. The summed E-state index contributed by atoms with van der Waals surface area (Å²) in [6.45, 7) is 15.0. The predicted octanol–water partition coefficient (Wildman–Crippen LogP) is 3.13. The molecule has 0 spiro atoms. The second-order valence-electron chi connectivity index (χ2n) is 9.99. The number of hydrogen-bond acceptors (Lipinski definition) is 6. The Labute approximate surface area is 211 Å². The molecule has 0 saturated carbocycles. The van der Waals surface area contributed by atoms with Gasteiger partial charge in [0.1, 0.15) is 22.9 Å². The molecule has 1 N–H and O–H groups in total. The molecular formula is C25H34N8O3. The Morgan fingerprint density at radius 3 is 2.47 bits per heavy atom. The van der Waals surface area contributed by atoms with Crippen LogP contribution in [0.2, 0.25) is 0 Å². The zero-order valence-electron chi connectivity index (χ0n) is 21.6. The number of carbonyl (C=O) groups excluding carboxylic acids is 2. The summed E-state index contributed by atoms with van der Waals surface area (Å²) >= 11 is 0. The first-order chi connectivity index (χ1) is 17.1. The monoisotopic (exact) mass is 494 g/mol. The minimum absolute atomic E-state index is 0.0175. The van der Waals surface area contributed by atoms with E-state index in [9.17, 15) is 9.59 Å². The molecule has 2 aromatic rings. The van der Waals surface area contributed by atoms with Crippen LogP contribution in [0, 0.1) is 6.92 Å². The van der Waals surface area contributed by atoms with Crippen LogP contribution in [-0.4, -0.2) is 89.4 Å². The molecule has 1 fully saturated rings. The molecule has 4 rings (SSSR count). The third-order valence-electron chi connectivity index (χ3n) is 6.12. The van der Waals surface area contributed by atoms with E-state index in [4.69, 9.17) is 4.74 Å². The number of aryl methyl sites for hydroxylation is 1. The van der Waals surface area contributed by atoms with Gasteiger partial charge in [0.25, 0.3) is 5.91 Å². The molecule has 11 nitrogen and oxygen atoms in total. The number of nitrogens with zero attached hydrogens (tertiary/aromatic N) is 7. The van der Waals surface area contributed by atoms with E-state index in [1.807, 2.05) is 50.5 Å². The average molecular weight is 495 g/mol. The second-order valence-corrected chi connectivity index (χ2v) is 9.99. The van der Waals surface area contributed by atoms with Crippen molar-refractivity contribution in [1.82, 2.24) is 19.4 Å².